The Hall–Kier alpha value is -0.830. The minimum atomic E-state index is 0.536. The van der Waals surface area contributed by atoms with Crippen molar-refractivity contribution in [2.75, 3.05) is 13.6 Å². The molecule has 0 radical (unpaired) electrons. The van der Waals surface area contributed by atoms with Crippen LogP contribution in [-0.2, 0) is 0 Å². The van der Waals surface area contributed by atoms with Gasteiger partial charge in [-0.3, -0.25) is 0 Å². The molecule has 0 spiro atoms. The van der Waals surface area contributed by atoms with Gasteiger partial charge in [0.05, 0.1) is 12.0 Å². The first-order chi connectivity index (χ1) is 6.16. The Kier molecular flexibility index (Phi) is 3.48. The predicted molar refractivity (Wildman–Crippen MR) is 55.0 cm³/mol. The standard InChI is InChI=1S/C10H19N3/c1-8(5-6-11-4)13-7-12-9(2)10(13)3/h7-8,11H,5-6H2,1-4H3. The van der Waals surface area contributed by atoms with Crippen LogP contribution in [0.25, 0.3) is 0 Å². The lowest BCUT2D eigenvalue weighted by Crippen LogP contribution is -2.14. The van der Waals surface area contributed by atoms with E-state index in [-0.39, 0.29) is 0 Å². The molecule has 0 aliphatic carbocycles. The molecule has 3 nitrogen and oxygen atoms in total. The van der Waals surface area contributed by atoms with Gasteiger partial charge in [-0.25, -0.2) is 4.98 Å². The lowest BCUT2D eigenvalue weighted by Gasteiger charge is -2.14. The number of imidazole rings is 1. The van der Waals surface area contributed by atoms with E-state index in [2.05, 4.69) is 35.6 Å². The average Bonchev–Trinajstić information content (AvgIpc) is 2.44. The van der Waals surface area contributed by atoms with E-state index in [0.29, 0.717) is 6.04 Å². The zero-order valence-corrected chi connectivity index (χ0v) is 8.96. The molecule has 74 valence electrons. The van der Waals surface area contributed by atoms with Gasteiger partial charge in [-0.05, 0) is 40.8 Å². The summed E-state index contributed by atoms with van der Waals surface area (Å²) in [5.74, 6) is 0. The lowest BCUT2D eigenvalue weighted by molar-refractivity contribution is 0.486. The molecule has 1 aromatic heterocycles. The van der Waals surface area contributed by atoms with E-state index in [1.807, 2.05) is 13.4 Å². The topological polar surface area (TPSA) is 29.9 Å². The highest BCUT2D eigenvalue weighted by Gasteiger charge is 2.08. The molecular weight excluding hydrogens is 162 g/mol. The molecule has 3 heteroatoms. The molecule has 1 heterocycles. The predicted octanol–water partition coefficient (Wildman–Crippen LogP) is 1.67. The fourth-order valence-electron chi connectivity index (χ4n) is 1.45. The number of nitrogens with zero attached hydrogens (tertiary/aromatic N) is 2. The van der Waals surface area contributed by atoms with Crippen LogP contribution in [-0.4, -0.2) is 23.1 Å². The van der Waals surface area contributed by atoms with Crippen LogP contribution in [0.2, 0.25) is 0 Å². The molecule has 0 aromatic carbocycles. The number of hydrogen-bond acceptors (Lipinski definition) is 2. The Balaban J connectivity index is 2.65. The summed E-state index contributed by atoms with van der Waals surface area (Å²) in [6, 6.07) is 0.536. The fraction of sp³-hybridized carbons (Fsp3) is 0.700. The maximum Gasteiger partial charge on any atom is 0.0953 e. The molecule has 0 fully saturated rings. The van der Waals surface area contributed by atoms with Crippen LogP contribution in [0.15, 0.2) is 6.33 Å². The van der Waals surface area contributed by atoms with Crippen molar-refractivity contribution in [2.24, 2.45) is 0 Å². The van der Waals surface area contributed by atoms with Crippen molar-refractivity contribution in [1.82, 2.24) is 14.9 Å². The first kappa shape index (κ1) is 10.3. The van der Waals surface area contributed by atoms with Crippen molar-refractivity contribution in [3.05, 3.63) is 17.7 Å². The average molecular weight is 181 g/mol. The number of aryl methyl sites for hydroxylation is 1. The van der Waals surface area contributed by atoms with Gasteiger partial charge in [-0.1, -0.05) is 0 Å². The Morgan fingerprint density at radius 3 is 2.69 bits per heavy atom. The smallest absolute Gasteiger partial charge is 0.0953 e. The van der Waals surface area contributed by atoms with Crippen LogP contribution in [0.4, 0.5) is 0 Å². The second kappa shape index (κ2) is 4.42. The third-order valence-corrected chi connectivity index (χ3v) is 2.57. The van der Waals surface area contributed by atoms with Crippen LogP contribution in [0.3, 0.4) is 0 Å². The summed E-state index contributed by atoms with van der Waals surface area (Å²) in [5, 5.41) is 3.16. The highest BCUT2D eigenvalue weighted by atomic mass is 15.1. The van der Waals surface area contributed by atoms with Crippen LogP contribution in [0.5, 0.6) is 0 Å². The molecular formula is C10H19N3. The first-order valence-corrected chi connectivity index (χ1v) is 4.81. The SMILES string of the molecule is CNCCC(C)n1cnc(C)c1C. The van der Waals surface area contributed by atoms with Gasteiger partial charge in [-0.2, -0.15) is 0 Å². The quantitative estimate of drug-likeness (QED) is 0.765. The van der Waals surface area contributed by atoms with Crippen molar-refractivity contribution in [3.63, 3.8) is 0 Å². The van der Waals surface area contributed by atoms with Crippen LogP contribution < -0.4 is 5.32 Å². The maximum atomic E-state index is 4.29. The Morgan fingerprint density at radius 2 is 2.23 bits per heavy atom. The van der Waals surface area contributed by atoms with Gasteiger partial charge in [0.2, 0.25) is 0 Å². The fourth-order valence-corrected chi connectivity index (χ4v) is 1.45. The molecule has 0 saturated carbocycles. The highest BCUT2D eigenvalue weighted by Crippen LogP contribution is 2.14. The monoisotopic (exact) mass is 181 g/mol. The normalized spacial score (nSPS) is 13.2. The van der Waals surface area contributed by atoms with E-state index < -0.39 is 0 Å². The summed E-state index contributed by atoms with van der Waals surface area (Å²) in [4.78, 5) is 4.29. The van der Waals surface area contributed by atoms with Crippen molar-refractivity contribution >= 4 is 0 Å². The van der Waals surface area contributed by atoms with Gasteiger partial charge in [0.1, 0.15) is 0 Å². The molecule has 1 atom stereocenters. The largest absolute Gasteiger partial charge is 0.332 e. The Labute approximate surface area is 80.2 Å². The summed E-state index contributed by atoms with van der Waals surface area (Å²) < 4.78 is 2.24. The zero-order chi connectivity index (χ0) is 9.84. The van der Waals surface area contributed by atoms with Gasteiger partial charge in [0.15, 0.2) is 0 Å². The van der Waals surface area contributed by atoms with Gasteiger partial charge >= 0.3 is 0 Å². The Bertz CT molecular complexity index is 265. The summed E-state index contributed by atoms with van der Waals surface area (Å²) >= 11 is 0. The van der Waals surface area contributed by atoms with E-state index >= 15 is 0 Å². The van der Waals surface area contributed by atoms with E-state index in [1.165, 1.54) is 5.69 Å². The molecule has 0 aliphatic heterocycles. The minimum absolute atomic E-state index is 0.536. The zero-order valence-electron chi connectivity index (χ0n) is 8.96. The second-order valence-corrected chi connectivity index (χ2v) is 3.56. The van der Waals surface area contributed by atoms with Crippen molar-refractivity contribution in [1.29, 1.82) is 0 Å². The summed E-state index contributed by atoms with van der Waals surface area (Å²) in [5.41, 5.74) is 2.42. The number of nitrogens with one attached hydrogen (secondary N) is 1. The molecule has 1 aromatic rings. The van der Waals surface area contributed by atoms with Gasteiger partial charge in [0, 0.05) is 11.7 Å². The molecule has 0 amide bonds. The Morgan fingerprint density at radius 1 is 1.54 bits per heavy atom. The highest BCUT2D eigenvalue weighted by molar-refractivity contribution is 5.09. The van der Waals surface area contributed by atoms with E-state index in [1.54, 1.807) is 0 Å². The van der Waals surface area contributed by atoms with Crippen LogP contribution in [0, 0.1) is 13.8 Å². The lowest BCUT2D eigenvalue weighted by atomic mass is 10.2. The van der Waals surface area contributed by atoms with Crippen molar-refractivity contribution in [3.8, 4) is 0 Å². The van der Waals surface area contributed by atoms with Crippen LogP contribution in [0.1, 0.15) is 30.8 Å². The van der Waals surface area contributed by atoms with Crippen LogP contribution >= 0.6 is 0 Å². The molecule has 1 N–H and O–H groups in total. The third-order valence-electron chi connectivity index (χ3n) is 2.57. The van der Waals surface area contributed by atoms with E-state index in [9.17, 15) is 0 Å². The van der Waals surface area contributed by atoms with Gasteiger partial charge < -0.3 is 9.88 Å². The van der Waals surface area contributed by atoms with Crippen molar-refractivity contribution < 1.29 is 0 Å². The van der Waals surface area contributed by atoms with E-state index in [0.717, 1.165) is 18.7 Å². The summed E-state index contributed by atoms with van der Waals surface area (Å²) in [7, 11) is 1.98. The summed E-state index contributed by atoms with van der Waals surface area (Å²) in [6.07, 6.45) is 3.08. The maximum absolute atomic E-state index is 4.29. The third kappa shape index (κ3) is 2.31. The molecule has 0 aliphatic rings. The minimum Gasteiger partial charge on any atom is -0.332 e. The molecule has 0 saturated heterocycles. The second-order valence-electron chi connectivity index (χ2n) is 3.56. The van der Waals surface area contributed by atoms with Crippen molar-refractivity contribution in [2.45, 2.75) is 33.2 Å². The number of hydrogen-bond donors (Lipinski definition) is 1. The number of aromatic nitrogens is 2. The van der Waals surface area contributed by atoms with Gasteiger partial charge in [0.25, 0.3) is 0 Å². The molecule has 1 unspecified atom stereocenters. The number of rotatable bonds is 4. The molecule has 0 bridgehead atoms. The first-order valence-electron chi connectivity index (χ1n) is 4.81. The van der Waals surface area contributed by atoms with Gasteiger partial charge in [-0.15, -0.1) is 0 Å². The molecule has 13 heavy (non-hydrogen) atoms. The summed E-state index contributed by atoms with van der Waals surface area (Å²) in [6.45, 7) is 7.46. The molecule has 1 rings (SSSR count). The van der Waals surface area contributed by atoms with E-state index in [4.69, 9.17) is 0 Å².